The lowest BCUT2D eigenvalue weighted by Crippen LogP contribution is -2.20. The van der Waals surface area contributed by atoms with E-state index in [4.69, 9.17) is 0 Å². The molecule has 0 spiro atoms. The lowest BCUT2D eigenvalue weighted by molar-refractivity contribution is -0.116. The van der Waals surface area contributed by atoms with E-state index in [0.717, 1.165) is 25.0 Å². The van der Waals surface area contributed by atoms with Crippen molar-refractivity contribution in [1.29, 1.82) is 0 Å². The van der Waals surface area contributed by atoms with Crippen molar-refractivity contribution in [3.05, 3.63) is 70.8 Å². The standard InChI is InChI=1S/C20H19F2N3O2/c21-16-10-9-14(12-17(16)22)24-19(26)8-2-1-5-11-25-13-23-18-7-4-3-6-15(18)20(25)27/h3-4,6-7,9-10,12-13H,1-2,5,8,11H2,(H,24,26). The number of carbonyl (C=O) groups is 1. The summed E-state index contributed by atoms with van der Waals surface area (Å²) < 4.78 is 27.5. The molecule has 1 N–H and O–H groups in total. The largest absolute Gasteiger partial charge is 0.326 e. The SMILES string of the molecule is O=C(CCCCCn1cnc2ccccc2c1=O)Nc1ccc(F)c(F)c1. The number of aromatic nitrogens is 2. The highest BCUT2D eigenvalue weighted by Gasteiger charge is 2.07. The molecule has 0 saturated carbocycles. The van der Waals surface area contributed by atoms with Crippen LogP contribution >= 0.6 is 0 Å². The van der Waals surface area contributed by atoms with Crippen LogP contribution in [0.25, 0.3) is 10.9 Å². The summed E-state index contributed by atoms with van der Waals surface area (Å²) in [4.78, 5) is 28.5. The molecule has 27 heavy (non-hydrogen) atoms. The molecule has 0 aliphatic rings. The van der Waals surface area contributed by atoms with Gasteiger partial charge in [0.15, 0.2) is 11.6 Å². The second-order valence-electron chi connectivity index (χ2n) is 6.25. The molecule has 2 aromatic carbocycles. The van der Waals surface area contributed by atoms with Gasteiger partial charge in [-0.15, -0.1) is 0 Å². The second kappa shape index (κ2) is 8.53. The summed E-state index contributed by atoms with van der Waals surface area (Å²) in [5.74, 6) is -2.21. The summed E-state index contributed by atoms with van der Waals surface area (Å²) in [7, 11) is 0. The lowest BCUT2D eigenvalue weighted by atomic mass is 10.2. The third-order valence-electron chi connectivity index (χ3n) is 4.24. The fourth-order valence-electron chi connectivity index (χ4n) is 2.81. The van der Waals surface area contributed by atoms with Gasteiger partial charge in [0.25, 0.3) is 5.56 Å². The molecular weight excluding hydrogens is 352 g/mol. The number of nitrogens with zero attached hydrogens (tertiary/aromatic N) is 2. The normalized spacial score (nSPS) is 10.9. The van der Waals surface area contributed by atoms with Crippen molar-refractivity contribution in [2.75, 3.05) is 5.32 Å². The predicted molar refractivity (Wildman–Crippen MR) is 99.5 cm³/mol. The topological polar surface area (TPSA) is 64.0 Å². The number of aryl methyl sites for hydroxylation is 1. The number of amides is 1. The van der Waals surface area contributed by atoms with Gasteiger partial charge in [0.2, 0.25) is 5.91 Å². The summed E-state index contributed by atoms with van der Waals surface area (Å²) in [5.41, 5.74) is 0.831. The zero-order valence-electron chi connectivity index (χ0n) is 14.6. The minimum absolute atomic E-state index is 0.0725. The Morgan fingerprint density at radius 1 is 1.04 bits per heavy atom. The number of hydrogen-bond acceptors (Lipinski definition) is 3. The van der Waals surface area contributed by atoms with E-state index in [1.807, 2.05) is 6.07 Å². The van der Waals surface area contributed by atoms with Gasteiger partial charge in [0.05, 0.1) is 17.2 Å². The highest BCUT2D eigenvalue weighted by molar-refractivity contribution is 5.90. The first-order valence-electron chi connectivity index (χ1n) is 8.73. The number of carbonyl (C=O) groups excluding carboxylic acids is 1. The number of nitrogens with one attached hydrogen (secondary N) is 1. The average molecular weight is 371 g/mol. The number of fused-ring (bicyclic) bond motifs is 1. The van der Waals surface area contributed by atoms with Gasteiger partial charge in [0, 0.05) is 24.7 Å². The maximum absolute atomic E-state index is 13.1. The van der Waals surface area contributed by atoms with Crippen molar-refractivity contribution in [3.63, 3.8) is 0 Å². The van der Waals surface area contributed by atoms with Crippen LogP contribution in [0.5, 0.6) is 0 Å². The van der Waals surface area contributed by atoms with Crippen molar-refractivity contribution in [1.82, 2.24) is 9.55 Å². The molecule has 0 aliphatic carbocycles. The molecule has 1 aromatic heterocycles. The summed E-state index contributed by atoms with van der Waals surface area (Å²) in [6.45, 7) is 0.529. The fraction of sp³-hybridized carbons (Fsp3) is 0.250. The minimum Gasteiger partial charge on any atom is -0.326 e. The van der Waals surface area contributed by atoms with Crippen LogP contribution in [0.1, 0.15) is 25.7 Å². The fourth-order valence-corrected chi connectivity index (χ4v) is 2.81. The lowest BCUT2D eigenvalue weighted by Gasteiger charge is -2.07. The number of halogens is 2. The maximum atomic E-state index is 13.1. The Kier molecular flexibility index (Phi) is 5.90. The Morgan fingerprint density at radius 2 is 1.85 bits per heavy atom. The molecule has 3 rings (SSSR count). The second-order valence-corrected chi connectivity index (χ2v) is 6.25. The van der Waals surface area contributed by atoms with Crippen LogP contribution in [-0.2, 0) is 11.3 Å². The highest BCUT2D eigenvalue weighted by Crippen LogP contribution is 2.14. The molecule has 0 saturated heterocycles. The molecule has 3 aromatic rings. The van der Waals surface area contributed by atoms with E-state index in [1.54, 1.807) is 29.1 Å². The van der Waals surface area contributed by atoms with E-state index >= 15 is 0 Å². The summed E-state index contributed by atoms with van der Waals surface area (Å²) >= 11 is 0. The number of anilines is 1. The van der Waals surface area contributed by atoms with E-state index in [1.165, 1.54) is 6.07 Å². The average Bonchev–Trinajstić information content (AvgIpc) is 2.66. The van der Waals surface area contributed by atoms with Gasteiger partial charge in [-0.2, -0.15) is 0 Å². The number of hydrogen-bond donors (Lipinski definition) is 1. The molecule has 0 aliphatic heterocycles. The smallest absolute Gasteiger partial charge is 0.261 e. The number of para-hydroxylation sites is 1. The van der Waals surface area contributed by atoms with Crippen LogP contribution in [0.2, 0.25) is 0 Å². The van der Waals surface area contributed by atoms with Crippen molar-refractivity contribution in [2.45, 2.75) is 32.2 Å². The van der Waals surface area contributed by atoms with Gasteiger partial charge >= 0.3 is 0 Å². The van der Waals surface area contributed by atoms with E-state index in [2.05, 4.69) is 10.3 Å². The van der Waals surface area contributed by atoms with Crippen LogP contribution in [0.3, 0.4) is 0 Å². The van der Waals surface area contributed by atoms with Crippen molar-refractivity contribution >= 4 is 22.5 Å². The molecule has 0 bridgehead atoms. The molecule has 1 heterocycles. The Labute approximate surface area is 154 Å². The molecule has 1 amide bonds. The van der Waals surface area contributed by atoms with E-state index in [0.29, 0.717) is 23.9 Å². The van der Waals surface area contributed by atoms with Crippen molar-refractivity contribution < 1.29 is 13.6 Å². The Morgan fingerprint density at radius 3 is 2.67 bits per heavy atom. The highest BCUT2D eigenvalue weighted by atomic mass is 19.2. The maximum Gasteiger partial charge on any atom is 0.261 e. The monoisotopic (exact) mass is 371 g/mol. The van der Waals surface area contributed by atoms with E-state index in [9.17, 15) is 18.4 Å². The van der Waals surface area contributed by atoms with Crippen LogP contribution in [0.15, 0.2) is 53.6 Å². The quantitative estimate of drug-likeness (QED) is 0.641. The molecule has 140 valence electrons. The number of unbranched alkanes of at least 4 members (excludes halogenated alkanes) is 2. The van der Waals surface area contributed by atoms with Crippen LogP contribution in [0, 0.1) is 11.6 Å². The van der Waals surface area contributed by atoms with Crippen LogP contribution < -0.4 is 10.9 Å². The predicted octanol–water partition coefficient (Wildman–Crippen LogP) is 3.87. The summed E-state index contributed by atoms with van der Waals surface area (Å²) in [6, 6.07) is 10.4. The molecule has 0 atom stereocenters. The molecule has 0 unspecified atom stereocenters. The zero-order valence-corrected chi connectivity index (χ0v) is 14.6. The first-order valence-corrected chi connectivity index (χ1v) is 8.73. The summed E-state index contributed by atoms with van der Waals surface area (Å²) in [6.07, 6.45) is 3.93. The molecule has 0 fully saturated rings. The zero-order chi connectivity index (χ0) is 19.2. The first kappa shape index (κ1) is 18.7. The van der Waals surface area contributed by atoms with Crippen LogP contribution in [0.4, 0.5) is 14.5 Å². The van der Waals surface area contributed by atoms with Gasteiger partial charge in [0.1, 0.15) is 0 Å². The van der Waals surface area contributed by atoms with Gasteiger partial charge in [-0.3, -0.25) is 14.2 Å². The Balaban J connectivity index is 1.44. The van der Waals surface area contributed by atoms with Gasteiger partial charge in [-0.25, -0.2) is 13.8 Å². The minimum atomic E-state index is -0.998. The van der Waals surface area contributed by atoms with Crippen LogP contribution in [-0.4, -0.2) is 15.5 Å². The van der Waals surface area contributed by atoms with Crippen molar-refractivity contribution in [2.24, 2.45) is 0 Å². The number of rotatable bonds is 7. The first-order chi connectivity index (χ1) is 13.0. The molecular formula is C20H19F2N3O2. The van der Waals surface area contributed by atoms with Gasteiger partial charge < -0.3 is 5.32 Å². The van der Waals surface area contributed by atoms with Gasteiger partial charge in [-0.05, 0) is 37.1 Å². The molecule has 0 radical (unpaired) electrons. The Bertz CT molecular complexity index is 1020. The van der Waals surface area contributed by atoms with Gasteiger partial charge in [-0.1, -0.05) is 18.6 Å². The van der Waals surface area contributed by atoms with E-state index < -0.39 is 11.6 Å². The van der Waals surface area contributed by atoms with Crippen molar-refractivity contribution in [3.8, 4) is 0 Å². The third kappa shape index (κ3) is 4.75. The Hall–Kier alpha value is -3.09. The third-order valence-corrected chi connectivity index (χ3v) is 4.24. The summed E-state index contributed by atoms with van der Waals surface area (Å²) in [5, 5.41) is 3.13. The van der Waals surface area contributed by atoms with E-state index in [-0.39, 0.29) is 23.6 Å². The molecule has 5 nitrogen and oxygen atoms in total. The molecule has 7 heteroatoms. The number of benzene rings is 2.